The summed E-state index contributed by atoms with van der Waals surface area (Å²) in [7, 11) is 0. The lowest BCUT2D eigenvalue weighted by molar-refractivity contribution is -0.384. The number of aromatic nitrogens is 2. The van der Waals surface area contributed by atoms with E-state index in [0.29, 0.717) is 19.5 Å². The first kappa shape index (κ1) is 19.4. The van der Waals surface area contributed by atoms with Gasteiger partial charge in [0, 0.05) is 13.1 Å². The van der Waals surface area contributed by atoms with E-state index in [1.165, 1.54) is 6.20 Å². The van der Waals surface area contributed by atoms with Gasteiger partial charge in [-0.1, -0.05) is 0 Å². The zero-order chi connectivity index (χ0) is 19.8. The molecular weight excluding hydrogens is 357 g/mol. The first-order valence-electron chi connectivity index (χ1n) is 9.26. The molecule has 1 aromatic heterocycles. The van der Waals surface area contributed by atoms with Gasteiger partial charge < -0.3 is 15.0 Å². The topological polar surface area (TPSA) is 103 Å². The quantitative estimate of drug-likeness (QED) is 0.633. The van der Waals surface area contributed by atoms with Crippen LogP contribution < -0.4 is 10.2 Å². The smallest absolute Gasteiger partial charge is 0.407 e. The molecule has 2 aliphatic rings. The number of amides is 1. The van der Waals surface area contributed by atoms with Crippen molar-refractivity contribution in [3.8, 4) is 0 Å². The lowest BCUT2D eigenvalue weighted by Gasteiger charge is -2.24. The van der Waals surface area contributed by atoms with Gasteiger partial charge in [0.1, 0.15) is 18.0 Å². The molecule has 3 rings (SSSR count). The predicted octanol–water partition coefficient (Wildman–Crippen LogP) is 2.96. The summed E-state index contributed by atoms with van der Waals surface area (Å²) in [4.78, 5) is 24.6. The molecule has 0 bridgehead atoms. The van der Waals surface area contributed by atoms with Crippen molar-refractivity contribution in [1.82, 2.24) is 15.1 Å². The highest BCUT2D eigenvalue weighted by Crippen LogP contribution is 2.38. The number of ether oxygens (including phenoxy) is 1. The molecule has 150 valence electrons. The van der Waals surface area contributed by atoms with Crippen LogP contribution in [0.25, 0.3) is 0 Å². The largest absolute Gasteiger partial charge is 0.444 e. The fourth-order valence-electron chi connectivity index (χ4n) is 3.15. The maximum Gasteiger partial charge on any atom is 0.407 e. The van der Waals surface area contributed by atoms with Crippen LogP contribution in [0.2, 0.25) is 0 Å². The number of nitro groups is 1. The number of hydrogen-bond donors (Lipinski definition) is 1. The van der Waals surface area contributed by atoms with Gasteiger partial charge in [0.2, 0.25) is 5.82 Å². The number of nitrogens with one attached hydrogen (secondary N) is 1. The van der Waals surface area contributed by atoms with Crippen LogP contribution in [0.5, 0.6) is 0 Å². The van der Waals surface area contributed by atoms with Gasteiger partial charge in [0.25, 0.3) is 0 Å². The zero-order valence-electron chi connectivity index (χ0n) is 15.9. The molecule has 0 radical (unpaired) electrons. The van der Waals surface area contributed by atoms with Crippen LogP contribution in [0.4, 0.5) is 20.7 Å². The van der Waals surface area contributed by atoms with Gasteiger partial charge in [-0.15, -0.1) is 5.10 Å². The maximum absolute atomic E-state index is 14.5. The minimum absolute atomic E-state index is 0.0594. The van der Waals surface area contributed by atoms with Gasteiger partial charge in [0.05, 0.1) is 17.0 Å². The number of hydrogen-bond acceptors (Lipinski definition) is 6. The summed E-state index contributed by atoms with van der Waals surface area (Å²) in [6, 6.07) is -0.477. The van der Waals surface area contributed by atoms with E-state index in [1.54, 1.807) is 30.4 Å². The Hall–Kier alpha value is -2.39. The Labute approximate surface area is 157 Å². The van der Waals surface area contributed by atoms with E-state index in [4.69, 9.17) is 4.74 Å². The number of halogens is 1. The van der Waals surface area contributed by atoms with Crippen LogP contribution in [-0.4, -0.2) is 51.7 Å². The van der Waals surface area contributed by atoms with E-state index < -0.39 is 28.8 Å². The second-order valence-corrected chi connectivity index (χ2v) is 8.14. The standard InChI is InChI=1S/C17H26FN5O4/c1-17(2,3)27-16(24)19-13-7-9-21(8-6-12(13)18)15-14(23(25)26)10-22(20-15)11-4-5-11/h10-13H,4-9H2,1-3H3,(H,19,24). The average molecular weight is 383 g/mol. The van der Waals surface area contributed by atoms with Crippen LogP contribution in [0.1, 0.15) is 52.5 Å². The molecule has 1 aliphatic heterocycles. The minimum Gasteiger partial charge on any atom is -0.444 e. The van der Waals surface area contributed by atoms with Gasteiger partial charge >= 0.3 is 11.8 Å². The average Bonchev–Trinajstić information content (AvgIpc) is 3.32. The Morgan fingerprint density at radius 1 is 1.33 bits per heavy atom. The van der Waals surface area contributed by atoms with Crippen molar-refractivity contribution in [2.24, 2.45) is 0 Å². The summed E-state index contributed by atoms with van der Waals surface area (Å²) < 4.78 is 21.4. The van der Waals surface area contributed by atoms with Gasteiger partial charge in [-0.3, -0.25) is 14.8 Å². The summed E-state index contributed by atoms with van der Waals surface area (Å²) >= 11 is 0. The van der Waals surface area contributed by atoms with E-state index in [1.807, 2.05) is 0 Å². The fraction of sp³-hybridized carbons (Fsp3) is 0.765. The molecule has 10 heteroatoms. The van der Waals surface area contributed by atoms with Crippen LogP contribution in [0, 0.1) is 10.1 Å². The van der Waals surface area contributed by atoms with Crippen molar-refractivity contribution in [2.45, 2.75) is 70.3 Å². The summed E-state index contributed by atoms with van der Waals surface area (Å²) in [5.41, 5.74) is -0.723. The second kappa shape index (κ2) is 7.32. The highest BCUT2D eigenvalue weighted by molar-refractivity contribution is 5.68. The third-order valence-electron chi connectivity index (χ3n) is 4.63. The molecule has 0 aromatic carbocycles. The van der Waals surface area contributed by atoms with E-state index in [9.17, 15) is 19.3 Å². The summed E-state index contributed by atoms with van der Waals surface area (Å²) in [6.45, 7) is 5.89. The third kappa shape index (κ3) is 4.86. The first-order chi connectivity index (χ1) is 12.6. The molecule has 2 fully saturated rings. The van der Waals surface area contributed by atoms with Crippen molar-refractivity contribution in [2.75, 3.05) is 18.0 Å². The molecule has 1 amide bonds. The number of carbonyl (C=O) groups is 1. The Morgan fingerprint density at radius 3 is 2.59 bits per heavy atom. The van der Waals surface area contributed by atoms with Gasteiger partial charge in [-0.25, -0.2) is 9.18 Å². The van der Waals surface area contributed by atoms with Gasteiger partial charge in [0.15, 0.2) is 0 Å². The predicted molar refractivity (Wildman–Crippen MR) is 96.7 cm³/mol. The molecule has 1 saturated heterocycles. The van der Waals surface area contributed by atoms with E-state index in [0.717, 1.165) is 12.8 Å². The second-order valence-electron chi connectivity index (χ2n) is 8.14. The lowest BCUT2D eigenvalue weighted by atomic mass is 10.1. The van der Waals surface area contributed by atoms with E-state index in [-0.39, 0.29) is 24.0 Å². The Bertz CT molecular complexity index is 713. The molecule has 2 unspecified atom stereocenters. The van der Waals surface area contributed by atoms with Crippen molar-refractivity contribution in [3.05, 3.63) is 16.3 Å². The van der Waals surface area contributed by atoms with Crippen LogP contribution in [0.15, 0.2) is 6.20 Å². The monoisotopic (exact) mass is 383 g/mol. The molecule has 27 heavy (non-hydrogen) atoms. The highest BCUT2D eigenvalue weighted by atomic mass is 19.1. The molecule has 2 heterocycles. The maximum atomic E-state index is 14.5. The van der Waals surface area contributed by atoms with E-state index >= 15 is 0 Å². The number of rotatable bonds is 4. The SMILES string of the molecule is CC(C)(C)OC(=O)NC1CCN(c2nn(C3CC3)cc2[N+](=O)[O-])CCC1F. The van der Waals surface area contributed by atoms with Crippen molar-refractivity contribution in [1.29, 1.82) is 0 Å². The highest BCUT2D eigenvalue weighted by Gasteiger charge is 2.34. The minimum atomic E-state index is -1.26. The lowest BCUT2D eigenvalue weighted by Crippen LogP contribution is -2.44. The molecule has 1 N–H and O–H groups in total. The molecule has 1 aliphatic carbocycles. The van der Waals surface area contributed by atoms with Crippen LogP contribution in [0.3, 0.4) is 0 Å². The Morgan fingerprint density at radius 2 is 2.00 bits per heavy atom. The van der Waals surface area contributed by atoms with Crippen molar-refractivity contribution >= 4 is 17.6 Å². The molecule has 1 aromatic rings. The molecular formula is C17H26FN5O4. The summed E-state index contributed by atoms with van der Waals surface area (Å²) in [5.74, 6) is 0.275. The fourth-order valence-corrected chi connectivity index (χ4v) is 3.15. The molecule has 9 nitrogen and oxygen atoms in total. The van der Waals surface area contributed by atoms with Crippen molar-refractivity contribution in [3.63, 3.8) is 0 Å². The third-order valence-corrected chi connectivity index (χ3v) is 4.63. The molecule has 1 saturated carbocycles. The number of alkyl carbamates (subject to hydrolysis) is 1. The number of alkyl halides is 1. The number of carbonyl (C=O) groups excluding carboxylic acids is 1. The summed E-state index contributed by atoms with van der Waals surface area (Å²) in [6.07, 6.45) is 1.93. The Kier molecular flexibility index (Phi) is 5.25. The Balaban J connectivity index is 1.69. The molecule has 2 atom stereocenters. The van der Waals surface area contributed by atoms with Crippen molar-refractivity contribution < 1.29 is 18.8 Å². The van der Waals surface area contributed by atoms with Crippen LogP contribution in [-0.2, 0) is 4.74 Å². The van der Waals surface area contributed by atoms with Gasteiger partial charge in [-0.2, -0.15) is 0 Å². The van der Waals surface area contributed by atoms with Crippen LogP contribution >= 0.6 is 0 Å². The van der Waals surface area contributed by atoms with Gasteiger partial charge in [-0.05, 0) is 46.5 Å². The number of nitrogens with zero attached hydrogens (tertiary/aromatic N) is 4. The number of anilines is 1. The summed E-state index contributed by atoms with van der Waals surface area (Å²) in [5, 5.41) is 18.4. The zero-order valence-corrected chi connectivity index (χ0v) is 15.9. The normalized spacial score (nSPS) is 23.6. The van der Waals surface area contributed by atoms with E-state index in [2.05, 4.69) is 10.4 Å². The molecule has 0 spiro atoms. The first-order valence-corrected chi connectivity index (χ1v) is 9.26.